The van der Waals surface area contributed by atoms with Crippen molar-refractivity contribution < 1.29 is 13.5 Å². The Hall–Kier alpha value is -1.18. The van der Waals surface area contributed by atoms with E-state index in [4.69, 9.17) is 0 Å². The topological polar surface area (TPSA) is 90.5 Å². The number of pyridine rings is 1. The molecule has 1 aliphatic rings. The largest absolute Gasteiger partial charge is 0.393 e. The summed E-state index contributed by atoms with van der Waals surface area (Å²) in [4.78, 5) is 13.9. The quantitative estimate of drug-likeness (QED) is 0.795. The molecule has 2 heterocycles. The second-order valence-electron chi connectivity index (χ2n) is 4.53. The molecule has 2 N–H and O–H groups in total. The van der Waals surface area contributed by atoms with Gasteiger partial charge in [-0.25, -0.2) is 8.42 Å². The number of aliphatic hydroxyl groups excluding tert-OH is 1. The van der Waals surface area contributed by atoms with Gasteiger partial charge in [0, 0.05) is 31.5 Å². The lowest BCUT2D eigenvalue weighted by molar-refractivity contribution is 0.133. The van der Waals surface area contributed by atoms with E-state index in [0.29, 0.717) is 13.0 Å². The number of nitrogens with zero attached hydrogens (tertiary/aromatic N) is 1. The Morgan fingerprint density at radius 1 is 1.56 bits per heavy atom. The molecular weight excluding hydrogens is 256 g/mol. The van der Waals surface area contributed by atoms with Crippen molar-refractivity contribution in [3.05, 3.63) is 28.7 Å². The summed E-state index contributed by atoms with van der Waals surface area (Å²) < 4.78 is 25.8. The fourth-order valence-electron chi connectivity index (χ4n) is 2.11. The van der Waals surface area contributed by atoms with Crippen molar-refractivity contribution in [1.29, 1.82) is 0 Å². The SMILES string of the molecule is CC(O)C1CCN(S(=O)(=O)c2c[nH]ccc2=O)C1. The number of sulfonamides is 1. The van der Waals surface area contributed by atoms with E-state index < -0.39 is 21.6 Å². The smallest absolute Gasteiger partial charge is 0.248 e. The van der Waals surface area contributed by atoms with Gasteiger partial charge in [-0.2, -0.15) is 4.31 Å². The van der Waals surface area contributed by atoms with Crippen LogP contribution >= 0.6 is 0 Å². The Balaban J connectivity index is 2.29. The van der Waals surface area contributed by atoms with Crippen LogP contribution in [0.1, 0.15) is 13.3 Å². The maximum atomic E-state index is 12.2. The minimum Gasteiger partial charge on any atom is -0.393 e. The van der Waals surface area contributed by atoms with Crippen molar-refractivity contribution in [2.75, 3.05) is 13.1 Å². The molecule has 2 unspecified atom stereocenters. The summed E-state index contributed by atoms with van der Waals surface area (Å²) in [6, 6.07) is 1.19. The van der Waals surface area contributed by atoms with Gasteiger partial charge in [-0.1, -0.05) is 0 Å². The zero-order valence-electron chi connectivity index (χ0n) is 10.0. The normalized spacial score (nSPS) is 23.1. The van der Waals surface area contributed by atoms with Gasteiger partial charge in [0.2, 0.25) is 15.5 Å². The first-order valence-electron chi connectivity index (χ1n) is 5.78. The fourth-order valence-corrected chi connectivity index (χ4v) is 3.66. The highest BCUT2D eigenvalue weighted by molar-refractivity contribution is 7.89. The molecule has 1 aromatic heterocycles. The second-order valence-corrected chi connectivity index (χ2v) is 6.43. The van der Waals surface area contributed by atoms with Crippen LogP contribution in [0.25, 0.3) is 0 Å². The Morgan fingerprint density at radius 2 is 2.28 bits per heavy atom. The van der Waals surface area contributed by atoms with Gasteiger partial charge >= 0.3 is 0 Å². The van der Waals surface area contributed by atoms with Crippen LogP contribution in [0.5, 0.6) is 0 Å². The van der Waals surface area contributed by atoms with Crippen molar-refractivity contribution in [1.82, 2.24) is 9.29 Å². The first kappa shape index (κ1) is 13.3. The third-order valence-corrected chi connectivity index (χ3v) is 5.16. The first-order valence-corrected chi connectivity index (χ1v) is 7.22. The van der Waals surface area contributed by atoms with E-state index in [0.717, 1.165) is 0 Å². The summed E-state index contributed by atoms with van der Waals surface area (Å²) in [5.74, 6) is -0.0671. The van der Waals surface area contributed by atoms with Gasteiger partial charge in [0.05, 0.1) is 6.10 Å². The fraction of sp³-hybridized carbons (Fsp3) is 0.545. The Kier molecular flexibility index (Phi) is 3.56. The van der Waals surface area contributed by atoms with Gasteiger partial charge in [-0.05, 0) is 19.3 Å². The molecule has 2 rings (SSSR count). The van der Waals surface area contributed by atoms with E-state index >= 15 is 0 Å². The van der Waals surface area contributed by atoms with Crippen LogP contribution < -0.4 is 5.43 Å². The molecular formula is C11H16N2O4S. The average Bonchev–Trinajstić information content (AvgIpc) is 2.79. The van der Waals surface area contributed by atoms with Gasteiger partial charge in [-0.3, -0.25) is 4.79 Å². The molecule has 7 heteroatoms. The molecule has 0 aromatic carbocycles. The standard InChI is InChI=1S/C11H16N2O4S/c1-8(14)9-3-5-13(7-9)18(16,17)11-6-12-4-2-10(11)15/h2,4,6,8-9,14H,3,5,7H2,1H3,(H,12,15). The van der Waals surface area contributed by atoms with Crippen LogP contribution in [0, 0.1) is 5.92 Å². The highest BCUT2D eigenvalue weighted by Crippen LogP contribution is 2.24. The molecule has 1 aromatic rings. The lowest BCUT2D eigenvalue weighted by atomic mass is 10.0. The minimum atomic E-state index is -3.76. The van der Waals surface area contributed by atoms with E-state index in [-0.39, 0.29) is 17.4 Å². The predicted molar refractivity (Wildman–Crippen MR) is 65.6 cm³/mol. The molecule has 2 atom stereocenters. The van der Waals surface area contributed by atoms with E-state index in [9.17, 15) is 18.3 Å². The van der Waals surface area contributed by atoms with Crippen molar-refractivity contribution in [2.24, 2.45) is 5.92 Å². The van der Waals surface area contributed by atoms with Crippen LogP contribution in [-0.4, -0.2) is 42.0 Å². The number of hydrogen-bond acceptors (Lipinski definition) is 4. The number of aliphatic hydroxyl groups is 1. The summed E-state index contributed by atoms with van der Waals surface area (Å²) in [6.07, 6.45) is 2.66. The number of hydrogen-bond donors (Lipinski definition) is 2. The number of H-pyrrole nitrogens is 1. The summed E-state index contributed by atoms with van der Waals surface area (Å²) in [6.45, 7) is 2.25. The van der Waals surface area contributed by atoms with Crippen LogP contribution in [0.2, 0.25) is 0 Å². The molecule has 0 bridgehead atoms. The summed E-state index contributed by atoms with van der Waals surface area (Å²) in [7, 11) is -3.76. The molecule has 100 valence electrons. The summed E-state index contributed by atoms with van der Waals surface area (Å²) in [5, 5.41) is 9.47. The van der Waals surface area contributed by atoms with Crippen molar-refractivity contribution in [2.45, 2.75) is 24.3 Å². The second kappa shape index (κ2) is 4.83. The summed E-state index contributed by atoms with van der Waals surface area (Å²) >= 11 is 0. The highest BCUT2D eigenvalue weighted by atomic mass is 32.2. The molecule has 0 radical (unpaired) electrons. The van der Waals surface area contributed by atoms with Gasteiger partial charge in [-0.15, -0.1) is 0 Å². The minimum absolute atomic E-state index is 0.0671. The molecule has 0 aliphatic carbocycles. The highest BCUT2D eigenvalue weighted by Gasteiger charge is 2.35. The zero-order valence-corrected chi connectivity index (χ0v) is 10.9. The molecule has 1 saturated heterocycles. The van der Waals surface area contributed by atoms with Crippen LogP contribution in [-0.2, 0) is 10.0 Å². The zero-order chi connectivity index (χ0) is 13.3. The van der Waals surface area contributed by atoms with Crippen LogP contribution in [0.4, 0.5) is 0 Å². The van der Waals surface area contributed by atoms with Crippen molar-refractivity contribution >= 4 is 10.0 Å². The Labute approximate surface area is 105 Å². The van der Waals surface area contributed by atoms with E-state index in [2.05, 4.69) is 4.98 Å². The monoisotopic (exact) mass is 272 g/mol. The Morgan fingerprint density at radius 3 is 2.83 bits per heavy atom. The summed E-state index contributed by atoms with van der Waals surface area (Å²) in [5.41, 5.74) is -0.519. The number of aromatic nitrogens is 1. The van der Waals surface area contributed by atoms with Gasteiger partial charge < -0.3 is 10.1 Å². The lowest BCUT2D eigenvalue weighted by Crippen LogP contribution is -2.33. The van der Waals surface area contributed by atoms with Gasteiger partial charge in [0.15, 0.2) is 0 Å². The predicted octanol–water partition coefficient (Wildman–Crippen LogP) is -0.234. The van der Waals surface area contributed by atoms with Gasteiger partial charge in [0.1, 0.15) is 4.90 Å². The maximum Gasteiger partial charge on any atom is 0.248 e. The molecule has 6 nitrogen and oxygen atoms in total. The number of aromatic amines is 1. The molecule has 18 heavy (non-hydrogen) atoms. The lowest BCUT2D eigenvalue weighted by Gasteiger charge is -2.17. The van der Waals surface area contributed by atoms with E-state index in [1.807, 2.05) is 0 Å². The maximum absolute atomic E-state index is 12.2. The first-order chi connectivity index (χ1) is 8.43. The number of nitrogens with one attached hydrogen (secondary N) is 1. The van der Waals surface area contributed by atoms with Crippen molar-refractivity contribution in [3.8, 4) is 0 Å². The molecule has 1 aliphatic heterocycles. The molecule has 0 saturated carbocycles. The molecule has 0 spiro atoms. The third kappa shape index (κ3) is 2.33. The number of rotatable bonds is 3. The van der Waals surface area contributed by atoms with Gasteiger partial charge in [0.25, 0.3) is 0 Å². The molecule has 0 amide bonds. The van der Waals surface area contributed by atoms with Crippen LogP contribution in [0.15, 0.2) is 28.2 Å². The third-order valence-electron chi connectivity index (χ3n) is 3.28. The molecule has 1 fully saturated rings. The van der Waals surface area contributed by atoms with Crippen LogP contribution in [0.3, 0.4) is 0 Å². The van der Waals surface area contributed by atoms with Crippen molar-refractivity contribution in [3.63, 3.8) is 0 Å². The van der Waals surface area contributed by atoms with E-state index in [1.165, 1.54) is 22.8 Å². The Bertz CT molecular complexity index is 579. The average molecular weight is 272 g/mol. The van der Waals surface area contributed by atoms with E-state index in [1.54, 1.807) is 6.92 Å².